The smallest absolute Gasteiger partial charge is 0.277 e. The molecule has 0 atom stereocenters. The topological polar surface area (TPSA) is 62.1 Å². The van der Waals surface area contributed by atoms with E-state index < -0.39 is 15.8 Å². The summed E-state index contributed by atoms with van der Waals surface area (Å²) in [5, 5.41) is 0. The van der Waals surface area contributed by atoms with Crippen LogP contribution in [0.15, 0.2) is 29.2 Å². The van der Waals surface area contributed by atoms with Crippen LogP contribution in [0.2, 0.25) is 0 Å². The number of nitrogens with one attached hydrogen (secondary N) is 1. The fraction of sp³-hybridized carbons (Fsp3) is 0.588. The lowest BCUT2D eigenvalue weighted by atomic mass is 10.1. The highest BCUT2D eigenvalue weighted by molar-refractivity contribution is 7.89. The molecule has 25 heavy (non-hydrogen) atoms. The lowest BCUT2D eigenvalue weighted by molar-refractivity contribution is -0.897. The van der Waals surface area contributed by atoms with Crippen molar-refractivity contribution >= 4 is 15.9 Å². The molecule has 0 bridgehead atoms. The first-order chi connectivity index (χ1) is 12.0. The molecule has 2 aliphatic heterocycles. The Bertz CT molecular complexity index is 694. The maximum atomic E-state index is 13.0. The van der Waals surface area contributed by atoms with Crippen LogP contribution in [0, 0.1) is 5.82 Å². The Hall–Kier alpha value is -1.51. The van der Waals surface area contributed by atoms with Crippen LogP contribution in [-0.4, -0.2) is 69.3 Å². The molecular weight excluding hydrogens is 345 g/mol. The fourth-order valence-corrected chi connectivity index (χ4v) is 4.91. The van der Waals surface area contributed by atoms with Gasteiger partial charge in [-0.2, -0.15) is 4.31 Å². The summed E-state index contributed by atoms with van der Waals surface area (Å²) in [4.78, 5) is 15.6. The van der Waals surface area contributed by atoms with Gasteiger partial charge in [-0.1, -0.05) is 0 Å². The van der Waals surface area contributed by atoms with Crippen LogP contribution in [0.5, 0.6) is 0 Å². The molecule has 2 fully saturated rings. The summed E-state index contributed by atoms with van der Waals surface area (Å²) in [6.45, 7) is 3.97. The summed E-state index contributed by atoms with van der Waals surface area (Å²) in [5.41, 5.74) is 0. The number of halogens is 1. The molecule has 0 aromatic heterocycles. The van der Waals surface area contributed by atoms with Gasteiger partial charge in [0.2, 0.25) is 10.0 Å². The quantitative estimate of drug-likeness (QED) is 0.794. The van der Waals surface area contributed by atoms with Crippen LogP contribution in [-0.2, 0) is 14.8 Å². The standard InChI is InChI=1S/C17H24FN3O3S/c18-15-4-6-16(7-5-15)25(23,24)21-12-10-20(11-13-21)17(22)14-19-8-2-1-3-9-19/h4-7H,1-3,8-14H2/p+1. The number of carbonyl (C=O) groups excluding carboxylic acids is 1. The first-order valence-electron chi connectivity index (χ1n) is 8.84. The molecule has 8 heteroatoms. The van der Waals surface area contributed by atoms with Crippen molar-refractivity contribution in [1.29, 1.82) is 0 Å². The van der Waals surface area contributed by atoms with Gasteiger partial charge in [0.25, 0.3) is 5.91 Å². The Labute approximate surface area is 148 Å². The number of rotatable bonds is 4. The molecule has 3 rings (SSSR count). The third-order valence-corrected chi connectivity index (χ3v) is 6.92. The van der Waals surface area contributed by atoms with Gasteiger partial charge in [-0.15, -0.1) is 0 Å². The molecule has 1 aromatic carbocycles. The number of nitrogens with zero attached hydrogens (tertiary/aromatic N) is 2. The molecule has 0 spiro atoms. The summed E-state index contributed by atoms with van der Waals surface area (Å²) in [6.07, 6.45) is 3.59. The lowest BCUT2D eigenvalue weighted by Crippen LogP contribution is -3.13. The van der Waals surface area contributed by atoms with Crippen molar-refractivity contribution in [1.82, 2.24) is 9.21 Å². The van der Waals surface area contributed by atoms with E-state index in [1.165, 1.54) is 40.6 Å². The van der Waals surface area contributed by atoms with Crippen LogP contribution in [0.4, 0.5) is 4.39 Å². The average molecular weight is 370 g/mol. The highest BCUT2D eigenvalue weighted by Crippen LogP contribution is 2.18. The molecular formula is C17H25FN3O3S+. The number of hydrogen-bond acceptors (Lipinski definition) is 3. The van der Waals surface area contributed by atoms with E-state index in [0.29, 0.717) is 19.6 Å². The zero-order chi connectivity index (χ0) is 17.9. The molecule has 0 unspecified atom stereocenters. The minimum absolute atomic E-state index is 0.0893. The van der Waals surface area contributed by atoms with Crippen molar-refractivity contribution in [2.24, 2.45) is 0 Å². The molecule has 0 aliphatic carbocycles. The van der Waals surface area contributed by atoms with E-state index in [0.717, 1.165) is 25.2 Å². The van der Waals surface area contributed by atoms with E-state index >= 15 is 0 Å². The second-order valence-corrected chi connectivity index (χ2v) is 8.66. The van der Waals surface area contributed by atoms with Crippen LogP contribution >= 0.6 is 0 Å². The van der Waals surface area contributed by atoms with Gasteiger partial charge in [0.15, 0.2) is 6.54 Å². The molecule has 0 saturated carbocycles. The number of quaternary nitrogens is 1. The summed E-state index contributed by atoms with van der Waals surface area (Å²) >= 11 is 0. The number of hydrogen-bond donors (Lipinski definition) is 1. The summed E-state index contributed by atoms with van der Waals surface area (Å²) in [7, 11) is -3.63. The van der Waals surface area contributed by atoms with Gasteiger partial charge in [-0.05, 0) is 43.5 Å². The van der Waals surface area contributed by atoms with Crippen molar-refractivity contribution in [3.05, 3.63) is 30.1 Å². The summed E-state index contributed by atoms with van der Waals surface area (Å²) in [6, 6.07) is 4.85. The molecule has 2 aliphatic rings. The van der Waals surface area contributed by atoms with Gasteiger partial charge in [-0.25, -0.2) is 12.8 Å². The number of carbonyl (C=O) groups is 1. The van der Waals surface area contributed by atoms with E-state index in [1.807, 2.05) is 0 Å². The van der Waals surface area contributed by atoms with E-state index in [1.54, 1.807) is 4.90 Å². The minimum atomic E-state index is -3.63. The first-order valence-corrected chi connectivity index (χ1v) is 10.3. The van der Waals surface area contributed by atoms with Gasteiger partial charge in [0, 0.05) is 26.2 Å². The van der Waals surface area contributed by atoms with Crippen molar-refractivity contribution in [2.75, 3.05) is 45.8 Å². The normalized spacial score (nSPS) is 20.6. The number of amides is 1. The van der Waals surface area contributed by atoms with Crippen molar-refractivity contribution in [3.8, 4) is 0 Å². The van der Waals surface area contributed by atoms with Gasteiger partial charge in [0.1, 0.15) is 5.82 Å². The molecule has 2 heterocycles. The average Bonchev–Trinajstić information content (AvgIpc) is 2.63. The third kappa shape index (κ3) is 4.37. The van der Waals surface area contributed by atoms with Gasteiger partial charge < -0.3 is 9.80 Å². The highest BCUT2D eigenvalue weighted by Gasteiger charge is 2.31. The maximum absolute atomic E-state index is 13.0. The summed E-state index contributed by atoms with van der Waals surface area (Å²) < 4.78 is 39.5. The molecule has 0 radical (unpaired) electrons. The van der Waals surface area contributed by atoms with Crippen LogP contribution in [0.25, 0.3) is 0 Å². The second-order valence-electron chi connectivity index (χ2n) is 6.73. The molecule has 1 N–H and O–H groups in total. The first kappa shape index (κ1) is 18.3. The van der Waals surface area contributed by atoms with E-state index in [2.05, 4.69) is 0 Å². The van der Waals surface area contributed by atoms with E-state index in [-0.39, 0.29) is 23.9 Å². The Morgan fingerprint density at radius 3 is 2.20 bits per heavy atom. The van der Waals surface area contributed by atoms with Gasteiger partial charge >= 0.3 is 0 Å². The zero-order valence-corrected chi connectivity index (χ0v) is 15.1. The number of sulfonamides is 1. The Morgan fingerprint density at radius 2 is 1.60 bits per heavy atom. The molecule has 138 valence electrons. The monoisotopic (exact) mass is 370 g/mol. The number of piperidine rings is 1. The summed E-state index contributed by atoms with van der Waals surface area (Å²) in [5.74, 6) is -0.356. The van der Waals surface area contributed by atoms with Crippen molar-refractivity contribution in [2.45, 2.75) is 24.2 Å². The SMILES string of the molecule is O=C(C[NH+]1CCCCC1)N1CCN(S(=O)(=O)c2ccc(F)cc2)CC1. The number of piperazine rings is 1. The maximum Gasteiger partial charge on any atom is 0.277 e. The molecule has 1 aromatic rings. The molecule has 6 nitrogen and oxygen atoms in total. The van der Waals surface area contributed by atoms with E-state index in [4.69, 9.17) is 0 Å². The molecule has 1 amide bonds. The fourth-order valence-electron chi connectivity index (χ4n) is 3.49. The predicted molar refractivity (Wildman–Crippen MR) is 91.2 cm³/mol. The zero-order valence-electron chi connectivity index (χ0n) is 14.3. The third-order valence-electron chi connectivity index (χ3n) is 5.00. The van der Waals surface area contributed by atoms with Crippen molar-refractivity contribution in [3.63, 3.8) is 0 Å². The Kier molecular flexibility index (Phi) is 5.71. The van der Waals surface area contributed by atoms with Gasteiger partial charge in [-0.3, -0.25) is 4.79 Å². The second kappa shape index (κ2) is 7.80. The Balaban J connectivity index is 1.55. The highest BCUT2D eigenvalue weighted by atomic mass is 32.2. The molecule has 2 saturated heterocycles. The van der Waals surface area contributed by atoms with Crippen LogP contribution in [0.3, 0.4) is 0 Å². The van der Waals surface area contributed by atoms with Crippen molar-refractivity contribution < 1.29 is 22.5 Å². The number of benzene rings is 1. The van der Waals surface area contributed by atoms with Crippen LogP contribution < -0.4 is 4.90 Å². The van der Waals surface area contributed by atoms with Crippen LogP contribution in [0.1, 0.15) is 19.3 Å². The lowest BCUT2D eigenvalue weighted by Gasteiger charge is -2.34. The largest absolute Gasteiger partial charge is 0.335 e. The van der Waals surface area contributed by atoms with Gasteiger partial charge in [0.05, 0.1) is 18.0 Å². The van der Waals surface area contributed by atoms with E-state index in [9.17, 15) is 17.6 Å². The Morgan fingerprint density at radius 1 is 1.00 bits per heavy atom. The predicted octanol–water partition coefficient (Wildman–Crippen LogP) is -0.273. The minimum Gasteiger partial charge on any atom is -0.335 e. The number of likely N-dealkylation sites (tertiary alicyclic amines) is 1.